The van der Waals surface area contributed by atoms with Crippen molar-refractivity contribution in [2.75, 3.05) is 19.0 Å². The van der Waals surface area contributed by atoms with Gasteiger partial charge in [0.05, 0.1) is 19.8 Å². The van der Waals surface area contributed by atoms with Gasteiger partial charge in [0.2, 0.25) is 5.95 Å². The van der Waals surface area contributed by atoms with Gasteiger partial charge < -0.3 is 14.8 Å². The quantitative estimate of drug-likeness (QED) is 0.788. The van der Waals surface area contributed by atoms with E-state index < -0.39 is 0 Å². The lowest BCUT2D eigenvalue weighted by Gasteiger charge is -2.27. The van der Waals surface area contributed by atoms with Crippen LogP contribution < -0.4 is 14.8 Å². The van der Waals surface area contributed by atoms with Crippen LogP contribution in [-0.2, 0) is 0 Å². The molecule has 0 saturated carbocycles. The van der Waals surface area contributed by atoms with E-state index in [1.807, 2.05) is 48.5 Å². The number of hydrogen-bond donors (Lipinski definition) is 1. The van der Waals surface area contributed by atoms with E-state index in [9.17, 15) is 0 Å². The zero-order chi connectivity index (χ0) is 17.1. The van der Waals surface area contributed by atoms with Crippen molar-refractivity contribution in [2.45, 2.75) is 12.5 Å². The van der Waals surface area contributed by atoms with Gasteiger partial charge in [0.25, 0.3) is 0 Å². The monoisotopic (exact) mass is 334 g/mol. The molecule has 0 radical (unpaired) electrons. The molecule has 2 aromatic carbocycles. The molecule has 2 heterocycles. The van der Waals surface area contributed by atoms with Crippen molar-refractivity contribution in [3.05, 3.63) is 60.4 Å². The molecule has 1 aliphatic heterocycles. The normalized spacial score (nSPS) is 15.8. The summed E-state index contributed by atoms with van der Waals surface area (Å²) >= 11 is 0. The average molecular weight is 334 g/mol. The van der Waals surface area contributed by atoms with E-state index in [0.717, 1.165) is 29.0 Å². The Bertz CT molecular complexity index is 870. The van der Waals surface area contributed by atoms with E-state index in [1.165, 1.54) is 6.33 Å². The first kappa shape index (κ1) is 15.4. The van der Waals surface area contributed by atoms with E-state index in [1.54, 1.807) is 7.11 Å². The smallest absolute Gasteiger partial charge is 0.226 e. The summed E-state index contributed by atoms with van der Waals surface area (Å²) in [5, 5.41) is 3.40. The highest BCUT2D eigenvalue weighted by Gasteiger charge is 2.25. The van der Waals surface area contributed by atoms with Gasteiger partial charge in [-0.05, 0) is 6.07 Å². The summed E-state index contributed by atoms with van der Waals surface area (Å²) in [6.45, 7) is 0.613. The van der Waals surface area contributed by atoms with Crippen LogP contribution in [0.15, 0.2) is 54.9 Å². The zero-order valence-electron chi connectivity index (χ0n) is 13.8. The second-order valence-electron chi connectivity index (χ2n) is 5.71. The largest absolute Gasteiger partial charge is 0.493 e. The van der Waals surface area contributed by atoms with Crippen LogP contribution in [0.1, 0.15) is 18.0 Å². The van der Waals surface area contributed by atoms with Gasteiger partial charge in [-0.2, -0.15) is 4.98 Å². The van der Waals surface area contributed by atoms with Crippen molar-refractivity contribution in [1.82, 2.24) is 15.0 Å². The van der Waals surface area contributed by atoms with Gasteiger partial charge in [0.15, 0.2) is 17.3 Å². The van der Waals surface area contributed by atoms with E-state index in [4.69, 9.17) is 9.47 Å². The minimum Gasteiger partial charge on any atom is -0.493 e. The molecule has 4 rings (SSSR count). The SMILES string of the molecule is COc1cccc2c1OCCC2Nc1ncnc(-c2ccccc2)n1. The van der Waals surface area contributed by atoms with E-state index in [0.29, 0.717) is 18.4 Å². The number of hydrogen-bond acceptors (Lipinski definition) is 6. The molecule has 0 spiro atoms. The lowest BCUT2D eigenvalue weighted by atomic mass is 10.0. The van der Waals surface area contributed by atoms with Crippen LogP contribution in [0.2, 0.25) is 0 Å². The first-order valence-electron chi connectivity index (χ1n) is 8.16. The predicted molar refractivity (Wildman–Crippen MR) is 94.7 cm³/mol. The maximum Gasteiger partial charge on any atom is 0.226 e. The summed E-state index contributed by atoms with van der Waals surface area (Å²) in [4.78, 5) is 13.1. The molecule has 1 aromatic heterocycles. The second-order valence-corrected chi connectivity index (χ2v) is 5.71. The molecule has 6 heteroatoms. The molecule has 25 heavy (non-hydrogen) atoms. The van der Waals surface area contributed by atoms with E-state index in [-0.39, 0.29) is 6.04 Å². The molecule has 0 fully saturated rings. The number of aromatic nitrogens is 3. The molecule has 0 amide bonds. The van der Waals surface area contributed by atoms with Crippen LogP contribution in [-0.4, -0.2) is 28.7 Å². The van der Waals surface area contributed by atoms with Crippen molar-refractivity contribution >= 4 is 5.95 Å². The van der Waals surface area contributed by atoms with Crippen LogP contribution in [0, 0.1) is 0 Å². The minimum atomic E-state index is 0.0601. The van der Waals surface area contributed by atoms with Crippen molar-refractivity contribution in [2.24, 2.45) is 0 Å². The number of methoxy groups -OCH3 is 1. The third kappa shape index (κ3) is 3.10. The third-order valence-electron chi connectivity index (χ3n) is 4.16. The summed E-state index contributed by atoms with van der Waals surface area (Å²) in [7, 11) is 1.65. The maximum atomic E-state index is 5.79. The Morgan fingerprint density at radius 2 is 1.96 bits per heavy atom. The number of anilines is 1. The first-order chi connectivity index (χ1) is 12.3. The molecule has 1 unspecified atom stereocenters. The molecular weight excluding hydrogens is 316 g/mol. The van der Waals surface area contributed by atoms with Crippen molar-refractivity contribution < 1.29 is 9.47 Å². The molecule has 0 bridgehead atoms. The summed E-state index contributed by atoms with van der Waals surface area (Å²) in [6, 6.07) is 15.8. The Kier molecular flexibility index (Phi) is 4.16. The van der Waals surface area contributed by atoms with Crippen molar-refractivity contribution in [1.29, 1.82) is 0 Å². The Morgan fingerprint density at radius 3 is 2.80 bits per heavy atom. The highest BCUT2D eigenvalue weighted by atomic mass is 16.5. The average Bonchev–Trinajstić information content (AvgIpc) is 2.69. The molecule has 0 aliphatic carbocycles. The molecule has 1 aliphatic rings. The van der Waals surface area contributed by atoms with Gasteiger partial charge >= 0.3 is 0 Å². The first-order valence-corrected chi connectivity index (χ1v) is 8.16. The van der Waals surface area contributed by atoms with Gasteiger partial charge in [-0.15, -0.1) is 0 Å². The summed E-state index contributed by atoms with van der Waals surface area (Å²) in [6.07, 6.45) is 2.36. The van der Waals surface area contributed by atoms with Crippen molar-refractivity contribution in [3.8, 4) is 22.9 Å². The number of nitrogens with zero attached hydrogens (tertiary/aromatic N) is 3. The van der Waals surface area contributed by atoms with E-state index in [2.05, 4.69) is 20.3 Å². The number of fused-ring (bicyclic) bond motifs is 1. The topological polar surface area (TPSA) is 69.2 Å². The number of nitrogens with one attached hydrogen (secondary N) is 1. The van der Waals surface area contributed by atoms with Gasteiger partial charge in [-0.1, -0.05) is 42.5 Å². The molecule has 1 N–H and O–H groups in total. The highest BCUT2D eigenvalue weighted by Crippen LogP contribution is 2.40. The van der Waals surface area contributed by atoms with Crippen LogP contribution in [0.25, 0.3) is 11.4 Å². The Morgan fingerprint density at radius 1 is 1.08 bits per heavy atom. The molecule has 126 valence electrons. The van der Waals surface area contributed by atoms with Crippen LogP contribution in [0.5, 0.6) is 11.5 Å². The predicted octanol–water partition coefficient (Wildman–Crippen LogP) is 3.48. The molecule has 1 atom stereocenters. The fraction of sp³-hybridized carbons (Fsp3) is 0.211. The lowest BCUT2D eigenvalue weighted by molar-refractivity contribution is 0.257. The summed E-state index contributed by atoms with van der Waals surface area (Å²) in [5.74, 6) is 2.72. The Balaban J connectivity index is 1.62. The van der Waals surface area contributed by atoms with Gasteiger partial charge in [0.1, 0.15) is 6.33 Å². The zero-order valence-corrected chi connectivity index (χ0v) is 13.8. The van der Waals surface area contributed by atoms with Crippen LogP contribution >= 0.6 is 0 Å². The summed E-state index contributed by atoms with van der Waals surface area (Å²) < 4.78 is 11.2. The fourth-order valence-electron chi connectivity index (χ4n) is 2.95. The maximum absolute atomic E-state index is 5.79. The molecule has 3 aromatic rings. The second kappa shape index (κ2) is 6.76. The fourth-order valence-corrected chi connectivity index (χ4v) is 2.95. The standard InChI is InChI=1S/C19H18N4O2/c1-24-16-9-5-8-14-15(10-11-25-17(14)16)22-19-21-12-20-18(23-19)13-6-3-2-4-7-13/h2-9,12,15H,10-11H2,1H3,(H,20,21,22,23). The number of benzene rings is 2. The van der Waals surface area contributed by atoms with Crippen molar-refractivity contribution in [3.63, 3.8) is 0 Å². The van der Waals surface area contributed by atoms with Crippen LogP contribution in [0.3, 0.4) is 0 Å². The lowest BCUT2D eigenvalue weighted by Crippen LogP contribution is -2.22. The highest BCUT2D eigenvalue weighted by molar-refractivity contribution is 5.56. The Labute approximate surface area is 145 Å². The Hall–Kier alpha value is -3.15. The van der Waals surface area contributed by atoms with E-state index >= 15 is 0 Å². The minimum absolute atomic E-state index is 0.0601. The molecular formula is C19H18N4O2. The number of ether oxygens (including phenoxy) is 2. The summed E-state index contributed by atoms with van der Waals surface area (Å²) in [5.41, 5.74) is 2.01. The number of para-hydroxylation sites is 1. The number of rotatable bonds is 4. The third-order valence-corrected chi connectivity index (χ3v) is 4.16. The van der Waals surface area contributed by atoms with Gasteiger partial charge in [-0.25, -0.2) is 9.97 Å². The van der Waals surface area contributed by atoms with Gasteiger partial charge in [0, 0.05) is 17.5 Å². The van der Waals surface area contributed by atoms with Gasteiger partial charge in [-0.3, -0.25) is 0 Å². The van der Waals surface area contributed by atoms with Crippen LogP contribution in [0.4, 0.5) is 5.95 Å². The molecule has 6 nitrogen and oxygen atoms in total. The molecule has 0 saturated heterocycles.